The number of rotatable bonds is 3. The zero-order valence-electron chi connectivity index (χ0n) is 11.7. The van der Waals surface area contributed by atoms with Gasteiger partial charge in [-0.2, -0.15) is 12.6 Å². The molecule has 0 bridgehead atoms. The van der Waals surface area contributed by atoms with E-state index in [0.29, 0.717) is 11.3 Å². The molecule has 0 aromatic rings. The summed E-state index contributed by atoms with van der Waals surface area (Å²) in [4.78, 5) is 2.67. The van der Waals surface area contributed by atoms with Gasteiger partial charge in [-0.3, -0.25) is 0 Å². The number of thiol groups is 1. The van der Waals surface area contributed by atoms with Crippen LogP contribution >= 0.6 is 12.6 Å². The topological polar surface area (TPSA) is 3.24 Å². The summed E-state index contributed by atoms with van der Waals surface area (Å²) in [6, 6.07) is 0.758. The molecule has 96 valence electrons. The Labute approximate surface area is 107 Å². The zero-order valence-corrected chi connectivity index (χ0v) is 12.6. The number of hydrogen-bond donors (Lipinski definition) is 1. The Kier molecular flexibility index (Phi) is 5.18. The van der Waals surface area contributed by atoms with Crippen LogP contribution in [0.1, 0.15) is 47.5 Å². The van der Waals surface area contributed by atoms with Crippen LogP contribution in [0.5, 0.6) is 0 Å². The van der Waals surface area contributed by atoms with E-state index in [4.69, 9.17) is 0 Å². The lowest BCUT2D eigenvalue weighted by atomic mass is 9.80. The largest absolute Gasteiger partial charge is 0.300 e. The molecule has 16 heavy (non-hydrogen) atoms. The maximum absolute atomic E-state index is 4.53. The highest BCUT2D eigenvalue weighted by Gasteiger charge is 2.29. The van der Waals surface area contributed by atoms with Crippen molar-refractivity contribution >= 4 is 12.6 Å². The molecule has 3 unspecified atom stereocenters. The molecule has 1 aliphatic heterocycles. The second-order valence-corrected chi connectivity index (χ2v) is 7.08. The summed E-state index contributed by atoms with van der Waals surface area (Å²) in [7, 11) is 0. The summed E-state index contributed by atoms with van der Waals surface area (Å²) in [6.07, 6.45) is 2.73. The van der Waals surface area contributed by atoms with Gasteiger partial charge in [0.25, 0.3) is 0 Å². The minimum atomic E-state index is 0.379. The molecule has 0 radical (unpaired) electrons. The van der Waals surface area contributed by atoms with Gasteiger partial charge >= 0.3 is 0 Å². The van der Waals surface area contributed by atoms with E-state index < -0.39 is 0 Å². The Balaban J connectivity index is 2.52. The van der Waals surface area contributed by atoms with Gasteiger partial charge in [-0.05, 0) is 49.3 Å². The highest BCUT2D eigenvalue weighted by molar-refractivity contribution is 7.80. The second kappa shape index (κ2) is 5.77. The molecule has 0 aliphatic carbocycles. The Hall–Kier alpha value is 0.310. The Bertz CT molecular complexity index is 209. The van der Waals surface area contributed by atoms with Crippen LogP contribution < -0.4 is 0 Å². The van der Waals surface area contributed by atoms with Crippen LogP contribution in [0.3, 0.4) is 0 Å². The molecule has 0 aromatic heterocycles. The lowest BCUT2D eigenvalue weighted by Crippen LogP contribution is -2.45. The van der Waals surface area contributed by atoms with Crippen LogP contribution in [0.2, 0.25) is 0 Å². The lowest BCUT2D eigenvalue weighted by Gasteiger charge is -2.41. The van der Waals surface area contributed by atoms with Gasteiger partial charge in [0.2, 0.25) is 0 Å². The third-order valence-electron chi connectivity index (χ3n) is 4.18. The number of hydrogen-bond acceptors (Lipinski definition) is 2. The number of nitrogens with zero attached hydrogens (tertiary/aromatic N) is 1. The maximum Gasteiger partial charge on any atom is 0.00695 e. The van der Waals surface area contributed by atoms with Gasteiger partial charge in [-0.15, -0.1) is 0 Å². The van der Waals surface area contributed by atoms with E-state index in [2.05, 4.69) is 52.1 Å². The molecule has 0 amide bonds. The summed E-state index contributed by atoms with van der Waals surface area (Å²) in [6.45, 7) is 14.3. The average molecular weight is 243 g/mol. The first-order valence-electron chi connectivity index (χ1n) is 6.69. The van der Waals surface area contributed by atoms with Crippen molar-refractivity contribution in [2.45, 2.75) is 53.5 Å². The van der Waals surface area contributed by atoms with Crippen molar-refractivity contribution in [3.63, 3.8) is 0 Å². The van der Waals surface area contributed by atoms with Gasteiger partial charge in [0.15, 0.2) is 0 Å². The van der Waals surface area contributed by atoms with Crippen LogP contribution in [-0.2, 0) is 0 Å². The van der Waals surface area contributed by atoms with Gasteiger partial charge < -0.3 is 4.90 Å². The smallest absolute Gasteiger partial charge is 0.00695 e. The molecule has 3 atom stereocenters. The Morgan fingerprint density at radius 2 is 1.94 bits per heavy atom. The van der Waals surface area contributed by atoms with Gasteiger partial charge in [0, 0.05) is 12.6 Å². The number of likely N-dealkylation sites (tertiary alicyclic amines) is 1. The Morgan fingerprint density at radius 3 is 2.38 bits per heavy atom. The molecule has 0 spiro atoms. The first kappa shape index (κ1) is 14.4. The zero-order chi connectivity index (χ0) is 12.3. The predicted octanol–water partition coefficient (Wildman–Crippen LogP) is 3.70. The molecule has 2 heteroatoms. The van der Waals surface area contributed by atoms with Gasteiger partial charge in [0.1, 0.15) is 0 Å². The highest BCUT2D eigenvalue weighted by Crippen LogP contribution is 2.30. The van der Waals surface area contributed by atoms with Crippen molar-refractivity contribution < 1.29 is 0 Å². The fourth-order valence-corrected chi connectivity index (χ4v) is 3.28. The SMILES string of the molecule is CC1CCN(CC(CS)C(C)(C)C)C(C)C1. The van der Waals surface area contributed by atoms with Crippen LogP contribution in [0, 0.1) is 17.3 Å². The minimum Gasteiger partial charge on any atom is -0.300 e. The van der Waals surface area contributed by atoms with Crippen molar-refractivity contribution in [1.82, 2.24) is 4.90 Å². The molecular formula is C14H29NS. The normalized spacial score (nSPS) is 30.4. The summed E-state index contributed by atoms with van der Waals surface area (Å²) in [5, 5.41) is 0. The molecule has 0 aromatic carbocycles. The maximum atomic E-state index is 4.53. The standard InChI is InChI=1S/C14H29NS/c1-11-6-7-15(12(2)8-11)9-13(10-16)14(3,4)5/h11-13,16H,6-10H2,1-5H3. The van der Waals surface area contributed by atoms with E-state index in [1.54, 1.807) is 0 Å². The second-order valence-electron chi connectivity index (χ2n) is 6.72. The Morgan fingerprint density at radius 1 is 1.31 bits per heavy atom. The third kappa shape index (κ3) is 3.96. The van der Waals surface area contributed by atoms with Crippen molar-refractivity contribution in [2.75, 3.05) is 18.8 Å². The lowest BCUT2D eigenvalue weighted by molar-refractivity contribution is 0.0858. The van der Waals surface area contributed by atoms with Gasteiger partial charge in [-0.25, -0.2) is 0 Å². The van der Waals surface area contributed by atoms with Crippen LogP contribution in [0.4, 0.5) is 0 Å². The summed E-state index contributed by atoms with van der Waals surface area (Å²) in [5.41, 5.74) is 0.379. The van der Waals surface area contributed by atoms with Crippen molar-refractivity contribution in [3.05, 3.63) is 0 Å². The van der Waals surface area contributed by atoms with Crippen molar-refractivity contribution in [2.24, 2.45) is 17.3 Å². The minimum absolute atomic E-state index is 0.379. The summed E-state index contributed by atoms with van der Waals surface area (Å²) < 4.78 is 0. The molecule has 1 nitrogen and oxygen atoms in total. The quantitative estimate of drug-likeness (QED) is 0.740. The van der Waals surface area contributed by atoms with E-state index in [0.717, 1.165) is 17.7 Å². The van der Waals surface area contributed by atoms with E-state index in [1.165, 1.54) is 25.9 Å². The average Bonchev–Trinajstić information content (AvgIpc) is 2.14. The first-order chi connectivity index (χ1) is 7.34. The highest BCUT2D eigenvalue weighted by atomic mass is 32.1. The fraction of sp³-hybridized carbons (Fsp3) is 1.00. The van der Waals surface area contributed by atoms with Crippen molar-refractivity contribution in [3.8, 4) is 0 Å². The fourth-order valence-electron chi connectivity index (χ4n) is 2.62. The molecule has 0 saturated carbocycles. The monoisotopic (exact) mass is 243 g/mol. The summed E-state index contributed by atoms with van der Waals surface area (Å²) in [5.74, 6) is 2.62. The molecule has 1 heterocycles. The molecule has 1 saturated heterocycles. The van der Waals surface area contributed by atoms with Gasteiger partial charge in [-0.1, -0.05) is 27.7 Å². The molecule has 0 N–H and O–H groups in total. The molecule has 1 fully saturated rings. The third-order valence-corrected chi connectivity index (χ3v) is 4.62. The number of piperidine rings is 1. The van der Waals surface area contributed by atoms with Crippen molar-refractivity contribution in [1.29, 1.82) is 0 Å². The van der Waals surface area contributed by atoms with Crippen LogP contribution in [-0.4, -0.2) is 29.8 Å². The first-order valence-corrected chi connectivity index (χ1v) is 7.32. The molecule has 1 rings (SSSR count). The van der Waals surface area contributed by atoms with Crippen LogP contribution in [0.15, 0.2) is 0 Å². The van der Waals surface area contributed by atoms with E-state index in [-0.39, 0.29) is 0 Å². The van der Waals surface area contributed by atoms with E-state index in [9.17, 15) is 0 Å². The molecular weight excluding hydrogens is 214 g/mol. The van der Waals surface area contributed by atoms with Crippen LogP contribution in [0.25, 0.3) is 0 Å². The van der Waals surface area contributed by atoms with Gasteiger partial charge in [0.05, 0.1) is 0 Å². The predicted molar refractivity (Wildman–Crippen MR) is 76.2 cm³/mol. The van der Waals surface area contributed by atoms with E-state index >= 15 is 0 Å². The molecule has 1 aliphatic rings. The van der Waals surface area contributed by atoms with E-state index in [1.807, 2.05) is 0 Å². The summed E-state index contributed by atoms with van der Waals surface area (Å²) >= 11 is 4.53.